The summed E-state index contributed by atoms with van der Waals surface area (Å²) in [4.78, 5) is 67.0. The molecule has 2 amide bonds. The van der Waals surface area contributed by atoms with Crippen molar-refractivity contribution >= 4 is 58.6 Å². The maximum atomic E-state index is 12.8. The van der Waals surface area contributed by atoms with E-state index in [1.807, 2.05) is 0 Å². The first-order valence-electron chi connectivity index (χ1n) is 9.68. The molecule has 0 saturated carbocycles. The van der Waals surface area contributed by atoms with Crippen LogP contribution in [0.3, 0.4) is 0 Å². The van der Waals surface area contributed by atoms with Gasteiger partial charge in [-0.25, -0.2) is 4.79 Å². The van der Waals surface area contributed by atoms with Crippen LogP contribution >= 0.6 is 23.4 Å². The summed E-state index contributed by atoms with van der Waals surface area (Å²) >= 11 is 6.77. The van der Waals surface area contributed by atoms with E-state index < -0.39 is 65.3 Å². The fourth-order valence-electron chi connectivity index (χ4n) is 2.92. The second-order valence-corrected chi connectivity index (χ2v) is 8.47. The highest BCUT2D eigenvalue weighted by atomic mass is 35.5. The number of hydrogen-bond acceptors (Lipinski definition) is 11. The number of nitrogens with one attached hydrogen (secondary N) is 1. The maximum Gasteiger partial charge on any atom is 0.358 e. The summed E-state index contributed by atoms with van der Waals surface area (Å²) in [6.07, 6.45) is 0. The number of nitrogens with zero attached hydrogens (tertiary/aromatic N) is 2. The van der Waals surface area contributed by atoms with Crippen molar-refractivity contribution in [1.29, 1.82) is 0 Å². The van der Waals surface area contributed by atoms with Crippen molar-refractivity contribution in [3.05, 3.63) is 11.3 Å². The molecule has 2 aliphatic rings. The Morgan fingerprint density at radius 3 is 2.52 bits per heavy atom. The average molecular weight is 506 g/mol. The van der Waals surface area contributed by atoms with Gasteiger partial charge < -0.3 is 24.4 Å². The zero-order chi connectivity index (χ0) is 24.7. The first-order valence-corrected chi connectivity index (χ1v) is 11.3. The Labute approximate surface area is 198 Å². The third kappa shape index (κ3) is 6.03. The number of oxime groups is 1. The number of carbonyl (C=O) groups is 5. The number of ketones is 1. The van der Waals surface area contributed by atoms with Crippen LogP contribution < -0.4 is 5.32 Å². The molecule has 2 heterocycles. The molecule has 1 saturated heterocycles. The number of carbonyl (C=O) groups excluding carboxylic acids is 5. The standard InChI is InChI=1S/C19H24ClN3O9S/c1-9(2)18(27)31-8-32-19(28)14-10(6-29-3)7-33-17-13(16(26)23(14)17)21-15(25)12(22-30-4)11(24)5-20/h9,13,17H,5-8H2,1-4H3,(H,21,25)/t13?,17-/m0/s1. The van der Waals surface area contributed by atoms with Crippen molar-refractivity contribution in [3.8, 4) is 0 Å². The third-order valence-corrected chi connectivity index (χ3v) is 6.07. The van der Waals surface area contributed by atoms with Crippen LogP contribution in [-0.4, -0.2) is 90.8 Å². The lowest BCUT2D eigenvalue weighted by Gasteiger charge is -2.49. The van der Waals surface area contributed by atoms with E-state index in [0.29, 0.717) is 11.3 Å². The topological polar surface area (TPSA) is 150 Å². The SMILES string of the molecule is COCC1=C(C(=O)OCOC(=O)C(C)C)N2C(=O)C(NC(=O)C(=NOC)C(=O)CCl)[C@@H]2SC1. The highest BCUT2D eigenvalue weighted by Crippen LogP contribution is 2.40. The van der Waals surface area contributed by atoms with Crippen LogP contribution in [0.2, 0.25) is 0 Å². The van der Waals surface area contributed by atoms with Gasteiger partial charge in [0.15, 0.2) is 0 Å². The lowest BCUT2D eigenvalue weighted by atomic mass is 10.0. The Kier molecular flexibility index (Phi) is 9.68. The van der Waals surface area contributed by atoms with Gasteiger partial charge in [-0.3, -0.25) is 24.1 Å². The minimum Gasteiger partial charge on any atom is -0.428 e. The van der Waals surface area contributed by atoms with E-state index in [9.17, 15) is 24.0 Å². The second-order valence-electron chi connectivity index (χ2n) is 7.09. The van der Waals surface area contributed by atoms with Crippen molar-refractivity contribution in [2.75, 3.05) is 39.3 Å². The molecule has 2 atom stereocenters. The van der Waals surface area contributed by atoms with Crippen molar-refractivity contribution in [3.63, 3.8) is 0 Å². The average Bonchev–Trinajstić information content (AvgIpc) is 2.79. The van der Waals surface area contributed by atoms with E-state index in [2.05, 4.69) is 15.3 Å². The summed E-state index contributed by atoms with van der Waals surface area (Å²) in [5.74, 6) is -4.33. The minimum absolute atomic E-state index is 0.0423. The van der Waals surface area contributed by atoms with Gasteiger partial charge >= 0.3 is 11.9 Å². The Morgan fingerprint density at radius 2 is 1.94 bits per heavy atom. The number of rotatable bonds is 11. The fraction of sp³-hybridized carbons (Fsp3) is 0.579. The third-order valence-electron chi connectivity index (χ3n) is 4.49. The normalized spacial score (nSPS) is 20.1. The van der Waals surface area contributed by atoms with E-state index in [-0.39, 0.29) is 12.3 Å². The van der Waals surface area contributed by atoms with Gasteiger partial charge in [0, 0.05) is 12.9 Å². The number of amides is 2. The number of esters is 2. The van der Waals surface area contributed by atoms with Crippen LogP contribution in [0, 0.1) is 5.92 Å². The number of alkyl halides is 1. The molecule has 0 aromatic rings. The highest BCUT2D eigenvalue weighted by Gasteiger charge is 2.54. The number of fused-ring (bicyclic) bond motifs is 1. The molecule has 1 unspecified atom stereocenters. The molecule has 14 heteroatoms. The van der Waals surface area contributed by atoms with Gasteiger partial charge in [0.2, 0.25) is 18.3 Å². The zero-order valence-electron chi connectivity index (χ0n) is 18.4. The summed E-state index contributed by atoms with van der Waals surface area (Å²) < 4.78 is 15.0. The monoisotopic (exact) mass is 505 g/mol. The number of ether oxygens (including phenoxy) is 3. The smallest absolute Gasteiger partial charge is 0.358 e. The van der Waals surface area contributed by atoms with Gasteiger partial charge in [0.1, 0.15) is 24.2 Å². The Hall–Kier alpha value is -2.64. The van der Waals surface area contributed by atoms with Crippen molar-refractivity contribution in [1.82, 2.24) is 10.2 Å². The molecular formula is C19H24ClN3O9S. The number of hydrogen-bond donors (Lipinski definition) is 1. The number of Topliss-reactive ketones (excluding diaryl/α,β-unsaturated/α-hetero) is 1. The molecule has 1 fully saturated rings. The van der Waals surface area contributed by atoms with Crippen LogP contribution in [-0.2, 0) is 43.0 Å². The molecule has 2 rings (SSSR count). The number of methoxy groups -OCH3 is 1. The number of thioether (sulfide) groups is 1. The Bertz CT molecular complexity index is 890. The molecule has 33 heavy (non-hydrogen) atoms. The molecule has 182 valence electrons. The van der Waals surface area contributed by atoms with E-state index in [1.165, 1.54) is 23.8 Å². The van der Waals surface area contributed by atoms with E-state index >= 15 is 0 Å². The van der Waals surface area contributed by atoms with Crippen molar-refractivity contribution < 1.29 is 43.0 Å². The largest absolute Gasteiger partial charge is 0.428 e. The van der Waals surface area contributed by atoms with Gasteiger partial charge in [0.25, 0.3) is 11.8 Å². The highest BCUT2D eigenvalue weighted by molar-refractivity contribution is 8.00. The predicted octanol–water partition coefficient (Wildman–Crippen LogP) is -0.203. The molecular weight excluding hydrogens is 482 g/mol. The quantitative estimate of drug-likeness (QED) is 0.0760. The summed E-state index contributed by atoms with van der Waals surface area (Å²) in [7, 11) is 2.59. The summed E-state index contributed by atoms with van der Waals surface area (Å²) in [5.41, 5.74) is -0.128. The maximum absolute atomic E-state index is 12.8. The molecule has 0 aromatic heterocycles. The number of β-lactam (4-membered cyclic amide) rings is 1. The zero-order valence-corrected chi connectivity index (χ0v) is 20.0. The summed E-state index contributed by atoms with van der Waals surface area (Å²) in [5, 5.41) is 5.16. The van der Waals surface area contributed by atoms with E-state index in [1.54, 1.807) is 13.8 Å². The van der Waals surface area contributed by atoms with Crippen LogP contribution in [0.25, 0.3) is 0 Å². The first-order chi connectivity index (χ1) is 15.7. The summed E-state index contributed by atoms with van der Waals surface area (Å²) in [6, 6.07) is -1.03. The van der Waals surface area contributed by atoms with Gasteiger partial charge in [-0.15, -0.1) is 23.4 Å². The van der Waals surface area contributed by atoms with Crippen LogP contribution in [0.1, 0.15) is 13.8 Å². The van der Waals surface area contributed by atoms with Gasteiger partial charge in [-0.05, 0) is 5.57 Å². The molecule has 0 aliphatic carbocycles. The van der Waals surface area contributed by atoms with Crippen LogP contribution in [0.15, 0.2) is 16.4 Å². The fourth-order valence-corrected chi connectivity index (χ4v) is 4.37. The molecule has 0 bridgehead atoms. The lowest BCUT2D eigenvalue weighted by molar-refractivity contribution is -0.170. The van der Waals surface area contributed by atoms with E-state index in [4.69, 9.17) is 25.8 Å². The van der Waals surface area contributed by atoms with Gasteiger partial charge in [0.05, 0.1) is 18.4 Å². The molecule has 2 aliphatic heterocycles. The second kappa shape index (κ2) is 12.0. The molecule has 1 N–H and O–H groups in total. The van der Waals surface area contributed by atoms with E-state index in [0.717, 1.165) is 7.11 Å². The lowest BCUT2D eigenvalue weighted by Crippen LogP contribution is -2.71. The van der Waals surface area contributed by atoms with Crippen molar-refractivity contribution in [2.24, 2.45) is 11.1 Å². The first kappa shape index (κ1) is 26.6. The molecule has 0 aromatic carbocycles. The number of halogens is 1. The molecule has 12 nitrogen and oxygen atoms in total. The van der Waals surface area contributed by atoms with Crippen LogP contribution in [0.5, 0.6) is 0 Å². The molecule has 0 spiro atoms. The Morgan fingerprint density at radius 1 is 1.24 bits per heavy atom. The molecule has 0 radical (unpaired) electrons. The summed E-state index contributed by atoms with van der Waals surface area (Å²) in [6.45, 7) is 2.70. The Balaban J connectivity index is 2.15. The van der Waals surface area contributed by atoms with Crippen LogP contribution in [0.4, 0.5) is 0 Å². The van der Waals surface area contributed by atoms with Crippen molar-refractivity contribution in [2.45, 2.75) is 25.3 Å². The minimum atomic E-state index is -1.03. The predicted molar refractivity (Wildman–Crippen MR) is 116 cm³/mol. The van der Waals surface area contributed by atoms with Gasteiger partial charge in [-0.2, -0.15) is 0 Å². The van der Waals surface area contributed by atoms with Gasteiger partial charge in [-0.1, -0.05) is 19.0 Å².